The molecule has 122 valence electrons. The summed E-state index contributed by atoms with van der Waals surface area (Å²) in [6.07, 6.45) is -0.380. The lowest BCUT2D eigenvalue weighted by Crippen LogP contribution is -2.26. The number of fused-ring (bicyclic) bond motifs is 3. The van der Waals surface area contributed by atoms with Crippen molar-refractivity contribution in [2.75, 3.05) is 5.32 Å². The summed E-state index contributed by atoms with van der Waals surface area (Å²) in [7, 11) is 0. The number of nitrogens with zero attached hydrogens (tertiary/aromatic N) is 2. The zero-order chi connectivity index (χ0) is 17.0. The highest BCUT2D eigenvalue weighted by Gasteiger charge is 2.29. The van der Waals surface area contributed by atoms with Crippen molar-refractivity contribution in [1.82, 2.24) is 9.78 Å². The van der Waals surface area contributed by atoms with Gasteiger partial charge in [0.1, 0.15) is 0 Å². The lowest BCUT2D eigenvalue weighted by Gasteiger charge is -2.31. The third kappa shape index (κ3) is 2.05. The number of benzene rings is 2. The van der Waals surface area contributed by atoms with Gasteiger partial charge in [-0.3, -0.25) is 0 Å². The summed E-state index contributed by atoms with van der Waals surface area (Å²) in [6.45, 7) is 6.10. The second kappa shape index (κ2) is 5.03. The molecule has 1 aliphatic rings. The van der Waals surface area contributed by atoms with Gasteiger partial charge in [-0.05, 0) is 44.5 Å². The van der Waals surface area contributed by atoms with Gasteiger partial charge in [0, 0.05) is 16.8 Å². The van der Waals surface area contributed by atoms with Gasteiger partial charge < -0.3 is 15.5 Å². The Labute approximate surface area is 140 Å². The second-order valence-electron chi connectivity index (χ2n) is 6.38. The molecule has 2 heterocycles. The SMILES string of the molecule is Cc1cc(C)c2c(c1)-c1cc(C)nn1[C@@H](c1cccc(O)c1O)N2. The largest absolute Gasteiger partial charge is 0.504 e. The highest BCUT2D eigenvalue weighted by molar-refractivity contribution is 5.82. The molecule has 5 heteroatoms. The van der Waals surface area contributed by atoms with E-state index in [1.807, 2.05) is 17.7 Å². The average molecular weight is 321 g/mol. The maximum atomic E-state index is 10.3. The maximum Gasteiger partial charge on any atom is 0.164 e. The lowest BCUT2D eigenvalue weighted by molar-refractivity contribution is 0.392. The number of hydrogen-bond acceptors (Lipinski definition) is 4. The summed E-state index contributed by atoms with van der Waals surface area (Å²) in [4.78, 5) is 0. The predicted molar refractivity (Wildman–Crippen MR) is 93.4 cm³/mol. The molecule has 2 aromatic carbocycles. The van der Waals surface area contributed by atoms with Crippen LogP contribution in [0.4, 0.5) is 5.69 Å². The fourth-order valence-corrected chi connectivity index (χ4v) is 3.45. The van der Waals surface area contributed by atoms with Crippen molar-refractivity contribution in [3.63, 3.8) is 0 Å². The van der Waals surface area contributed by atoms with E-state index in [4.69, 9.17) is 0 Å². The van der Waals surface area contributed by atoms with E-state index < -0.39 is 0 Å². The number of nitrogens with one attached hydrogen (secondary N) is 1. The Morgan fingerprint density at radius 3 is 2.67 bits per heavy atom. The first-order valence-electron chi connectivity index (χ1n) is 7.91. The molecule has 0 aliphatic carbocycles. The van der Waals surface area contributed by atoms with Gasteiger partial charge in [0.2, 0.25) is 0 Å². The number of phenolic OH excluding ortho intramolecular Hbond substituents is 2. The van der Waals surface area contributed by atoms with Crippen LogP contribution in [0.5, 0.6) is 11.5 Å². The standard InChI is InChI=1S/C19H19N3O2/c1-10-7-11(2)17-14(8-10)15-9-12(3)21-22(15)19(20-17)13-5-4-6-16(23)18(13)24/h4-9,19-20,23-24H,1-3H3/t19-/m0/s1. The summed E-state index contributed by atoms with van der Waals surface area (Å²) < 4.78 is 1.87. The molecule has 0 radical (unpaired) electrons. The molecule has 24 heavy (non-hydrogen) atoms. The first-order valence-corrected chi connectivity index (χ1v) is 7.91. The molecule has 0 bridgehead atoms. The van der Waals surface area contributed by atoms with Crippen LogP contribution in [0.2, 0.25) is 0 Å². The first kappa shape index (κ1) is 14.6. The van der Waals surface area contributed by atoms with Gasteiger partial charge in [-0.15, -0.1) is 0 Å². The second-order valence-corrected chi connectivity index (χ2v) is 6.38. The number of aromatic hydroxyl groups is 2. The number of phenols is 2. The van der Waals surface area contributed by atoms with Gasteiger partial charge >= 0.3 is 0 Å². The van der Waals surface area contributed by atoms with Crippen LogP contribution in [0.1, 0.15) is 28.6 Å². The summed E-state index contributed by atoms with van der Waals surface area (Å²) in [6, 6.07) is 11.3. The van der Waals surface area contributed by atoms with Crippen molar-refractivity contribution in [2.24, 2.45) is 0 Å². The number of rotatable bonds is 1. The van der Waals surface area contributed by atoms with E-state index in [1.54, 1.807) is 12.1 Å². The zero-order valence-corrected chi connectivity index (χ0v) is 13.8. The van der Waals surface area contributed by atoms with Crippen LogP contribution in [0.15, 0.2) is 36.4 Å². The maximum absolute atomic E-state index is 10.3. The van der Waals surface area contributed by atoms with Crippen molar-refractivity contribution in [3.05, 3.63) is 58.8 Å². The number of aryl methyl sites for hydroxylation is 3. The van der Waals surface area contributed by atoms with E-state index in [2.05, 4.69) is 36.4 Å². The summed E-state index contributed by atoms with van der Waals surface area (Å²) >= 11 is 0. The average Bonchev–Trinajstić information content (AvgIpc) is 2.92. The fraction of sp³-hybridized carbons (Fsp3) is 0.211. The van der Waals surface area contributed by atoms with Crippen molar-refractivity contribution in [1.29, 1.82) is 0 Å². The van der Waals surface area contributed by atoms with Gasteiger partial charge in [0.05, 0.1) is 11.4 Å². The van der Waals surface area contributed by atoms with Gasteiger partial charge in [-0.2, -0.15) is 5.10 Å². The number of hydrogen-bond donors (Lipinski definition) is 3. The molecule has 5 nitrogen and oxygen atoms in total. The molecule has 1 aromatic heterocycles. The Morgan fingerprint density at radius 1 is 1.08 bits per heavy atom. The molecule has 3 N–H and O–H groups in total. The van der Waals surface area contributed by atoms with Crippen LogP contribution in [0.3, 0.4) is 0 Å². The van der Waals surface area contributed by atoms with Crippen molar-refractivity contribution >= 4 is 5.69 Å². The van der Waals surface area contributed by atoms with Crippen LogP contribution in [-0.4, -0.2) is 20.0 Å². The van der Waals surface area contributed by atoms with Crippen LogP contribution in [0.25, 0.3) is 11.3 Å². The molecule has 3 aromatic rings. The predicted octanol–water partition coefficient (Wildman–Crippen LogP) is 3.86. The lowest BCUT2D eigenvalue weighted by atomic mass is 9.98. The molecule has 0 unspecified atom stereocenters. The van der Waals surface area contributed by atoms with Gasteiger partial charge in [0.25, 0.3) is 0 Å². The normalized spacial score (nSPS) is 15.5. The van der Waals surface area contributed by atoms with Crippen LogP contribution in [-0.2, 0) is 0 Å². The minimum Gasteiger partial charge on any atom is -0.504 e. The topological polar surface area (TPSA) is 70.3 Å². The Morgan fingerprint density at radius 2 is 1.88 bits per heavy atom. The Hall–Kier alpha value is -2.95. The quantitative estimate of drug-likeness (QED) is 0.595. The summed E-state index contributed by atoms with van der Waals surface area (Å²) in [5.74, 6) is -0.256. The number of anilines is 1. The molecule has 0 saturated heterocycles. The minimum atomic E-state index is -0.380. The van der Waals surface area contributed by atoms with E-state index in [0.29, 0.717) is 5.56 Å². The van der Waals surface area contributed by atoms with E-state index in [0.717, 1.165) is 28.2 Å². The third-order valence-electron chi connectivity index (χ3n) is 4.48. The van der Waals surface area contributed by atoms with E-state index >= 15 is 0 Å². The molecule has 0 fully saturated rings. The highest BCUT2D eigenvalue weighted by Crippen LogP contribution is 2.43. The Kier molecular flexibility index (Phi) is 3.06. The summed E-state index contributed by atoms with van der Waals surface area (Å²) in [5, 5.41) is 28.3. The van der Waals surface area contributed by atoms with Crippen LogP contribution >= 0.6 is 0 Å². The molecule has 1 atom stereocenters. The monoisotopic (exact) mass is 321 g/mol. The third-order valence-corrected chi connectivity index (χ3v) is 4.48. The number of aromatic nitrogens is 2. The first-order chi connectivity index (χ1) is 11.5. The minimum absolute atomic E-state index is 0.123. The van der Waals surface area contributed by atoms with Crippen LogP contribution in [0, 0.1) is 20.8 Å². The molecule has 0 amide bonds. The van der Waals surface area contributed by atoms with Crippen molar-refractivity contribution < 1.29 is 10.2 Å². The van der Waals surface area contributed by atoms with Crippen molar-refractivity contribution in [2.45, 2.75) is 26.9 Å². The molecular weight excluding hydrogens is 302 g/mol. The molecule has 0 saturated carbocycles. The fourth-order valence-electron chi connectivity index (χ4n) is 3.45. The molecular formula is C19H19N3O2. The highest BCUT2D eigenvalue weighted by atomic mass is 16.3. The smallest absolute Gasteiger partial charge is 0.164 e. The van der Waals surface area contributed by atoms with E-state index in [-0.39, 0.29) is 17.7 Å². The van der Waals surface area contributed by atoms with E-state index in [9.17, 15) is 10.2 Å². The van der Waals surface area contributed by atoms with Crippen LogP contribution < -0.4 is 5.32 Å². The summed E-state index contributed by atoms with van der Waals surface area (Å²) in [5.41, 5.74) is 6.95. The van der Waals surface area contributed by atoms with Gasteiger partial charge in [-0.25, -0.2) is 4.68 Å². The van der Waals surface area contributed by atoms with E-state index in [1.165, 1.54) is 11.6 Å². The Bertz CT molecular complexity index is 959. The Balaban J connectivity index is 1.98. The molecule has 4 rings (SSSR count). The van der Waals surface area contributed by atoms with Gasteiger partial charge in [0.15, 0.2) is 17.7 Å². The molecule has 1 aliphatic heterocycles. The van der Waals surface area contributed by atoms with Gasteiger partial charge in [-0.1, -0.05) is 23.8 Å². The van der Waals surface area contributed by atoms with Crippen molar-refractivity contribution in [3.8, 4) is 22.8 Å². The zero-order valence-electron chi connectivity index (χ0n) is 13.8. The molecule has 0 spiro atoms. The number of para-hydroxylation sites is 1.